The van der Waals surface area contributed by atoms with Crippen LogP contribution in [0.1, 0.15) is 39.7 Å². The normalized spacial score (nSPS) is 15.5. The van der Waals surface area contributed by atoms with E-state index in [4.69, 9.17) is 0 Å². The highest BCUT2D eigenvalue weighted by atomic mass is 32.1. The molecule has 160 valence electrons. The maximum atomic E-state index is 13.4. The number of piperidine rings is 1. The smallest absolute Gasteiger partial charge is 0.253 e. The van der Waals surface area contributed by atoms with Gasteiger partial charge in [-0.25, -0.2) is 8.78 Å². The van der Waals surface area contributed by atoms with Crippen molar-refractivity contribution in [3.63, 3.8) is 0 Å². The Morgan fingerprint density at radius 2 is 1.55 bits per heavy atom. The summed E-state index contributed by atoms with van der Waals surface area (Å²) in [7, 11) is 0. The van der Waals surface area contributed by atoms with Crippen LogP contribution >= 0.6 is 11.3 Å². The second-order valence-corrected chi connectivity index (χ2v) is 8.56. The molecule has 2 amide bonds. The number of carbonyl (C=O) groups excluding carboxylic acids is 2. The van der Waals surface area contributed by atoms with Gasteiger partial charge in [0.1, 0.15) is 11.6 Å². The lowest BCUT2D eigenvalue weighted by Gasteiger charge is -2.32. The Balaban J connectivity index is 1.40. The second-order valence-electron chi connectivity index (χ2n) is 7.58. The number of thiophene rings is 1. The van der Waals surface area contributed by atoms with Crippen LogP contribution in [0.25, 0.3) is 0 Å². The van der Waals surface area contributed by atoms with Crippen LogP contribution in [-0.2, 0) is 4.79 Å². The minimum Gasteiger partial charge on any atom is -0.344 e. The largest absolute Gasteiger partial charge is 0.344 e. The third-order valence-electron chi connectivity index (χ3n) is 5.56. The molecule has 0 aliphatic carbocycles. The van der Waals surface area contributed by atoms with Crippen LogP contribution in [0.4, 0.5) is 8.78 Å². The first kappa shape index (κ1) is 21.2. The number of nitrogens with one attached hydrogen (secondary N) is 1. The Morgan fingerprint density at radius 1 is 0.935 bits per heavy atom. The van der Waals surface area contributed by atoms with E-state index in [-0.39, 0.29) is 35.4 Å². The summed E-state index contributed by atoms with van der Waals surface area (Å²) in [4.78, 5) is 28.3. The summed E-state index contributed by atoms with van der Waals surface area (Å²) in [5.74, 6) is -1.13. The van der Waals surface area contributed by atoms with E-state index >= 15 is 0 Å². The molecule has 2 aromatic carbocycles. The molecule has 0 saturated carbocycles. The van der Waals surface area contributed by atoms with E-state index in [9.17, 15) is 18.4 Å². The minimum absolute atomic E-state index is 0.0726. The number of likely N-dealkylation sites (tertiary alicyclic amines) is 1. The van der Waals surface area contributed by atoms with Crippen molar-refractivity contribution in [2.75, 3.05) is 13.1 Å². The van der Waals surface area contributed by atoms with E-state index in [2.05, 4.69) is 5.32 Å². The molecule has 1 aromatic heterocycles. The van der Waals surface area contributed by atoms with E-state index in [1.807, 2.05) is 17.5 Å². The molecule has 1 aliphatic heterocycles. The Morgan fingerprint density at radius 3 is 2.13 bits per heavy atom. The first-order chi connectivity index (χ1) is 15.0. The van der Waals surface area contributed by atoms with E-state index in [1.54, 1.807) is 17.0 Å². The Hall–Kier alpha value is -3.06. The zero-order chi connectivity index (χ0) is 21.8. The number of carbonyl (C=O) groups is 2. The number of halogens is 2. The van der Waals surface area contributed by atoms with Crippen molar-refractivity contribution in [1.29, 1.82) is 0 Å². The summed E-state index contributed by atoms with van der Waals surface area (Å²) in [6.45, 7) is 0.934. The molecule has 4 rings (SSSR count). The molecule has 3 aromatic rings. The third-order valence-corrected chi connectivity index (χ3v) is 6.50. The molecule has 2 heterocycles. The van der Waals surface area contributed by atoms with Gasteiger partial charge in [-0.1, -0.05) is 18.2 Å². The summed E-state index contributed by atoms with van der Waals surface area (Å²) < 4.78 is 26.4. The molecule has 1 N–H and O–H groups in total. The van der Waals surface area contributed by atoms with Gasteiger partial charge in [0.2, 0.25) is 5.91 Å². The predicted molar refractivity (Wildman–Crippen MR) is 116 cm³/mol. The Kier molecular flexibility index (Phi) is 6.42. The van der Waals surface area contributed by atoms with Gasteiger partial charge in [-0.15, -0.1) is 11.3 Å². The third kappa shape index (κ3) is 4.99. The van der Waals surface area contributed by atoms with Gasteiger partial charge in [-0.2, -0.15) is 0 Å². The van der Waals surface area contributed by atoms with E-state index in [0.717, 1.165) is 10.4 Å². The SMILES string of the molecule is O=C(N[C@@H](c1ccc(F)cc1)c1cccs1)C1CCN(C(=O)c2ccc(F)cc2)CC1. The molecule has 7 heteroatoms. The molecule has 4 nitrogen and oxygen atoms in total. The number of hydrogen-bond donors (Lipinski definition) is 1. The maximum Gasteiger partial charge on any atom is 0.253 e. The van der Waals surface area contributed by atoms with Crippen molar-refractivity contribution in [3.05, 3.63) is 93.7 Å². The zero-order valence-electron chi connectivity index (χ0n) is 16.8. The highest BCUT2D eigenvalue weighted by Crippen LogP contribution is 2.28. The number of hydrogen-bond acceptors (Lipinski definition) is 3. The maximum absolute atomic E-state index is 13.4. The number of benzene rings is 2. The van der Waals surface area contributed by atoms with Gasteiger partial charge in [-0.3, -0.25) is 9.59 Å². The molecule has 0 spiro atoms. The summed E-state index contributed by atoms with van der Waals surface area (Å²) in [5.41, 5.74) is 1.26. The van der Waals surface area contributed by atoms with Crippen molar-refractivity contribution in [1.82, 2.24) is 10.2 Å². The Labute approximate surface area is 183 Å². The van der Waals surface area contributed by atoms with E-state index in [1.165, 1.54) is 47.7 Å². The topological polar surface area (TPSA) is 49.4 Å². The average molecular weight is 441 g/mol. The molecule has 0 radical (unpaired) electrons. The lowest BCUT2D eigenvalue weighted by Crippen LogP contribution is -2.43. The zero-order valence-corrected chi connectivity index (χ0v) is 17.6. The molecule has 1 fully saturated rings. The molecule has 0 unspecified atom stereocenters. The van der Waals surface area contributed by atoms with Crippen LogP contribution in [0.15, 0.2) is 66.0 Å². The first-order valence-electron chi connectivity index (χ1n) is 10.2. The Bertz CT molecular complexity index is 1030. The number of nitrogens with zero attached hydrogens (tertiary/aromatic N) is 1. The molecule has 1 saturated heterocycles. The fourth-order valence-corrected chi connectivity index (χ4v) is 4.61. The van der Waals surface area contributed by atoms with Crippen molar-refractivity contribution >= 4 is 23.2 Å². The molecule has 0 bridgehead atoms. The average Bonchev–Trinajstić information content (AvgIpc) is 3.33. The molecular weight excluding hydrogens is 418 g/mol. The van der Waals surface area contributed by atoms with Crippen LogP contribution in [-0.4, -0.2) is 29.8 Å². The van der Waals surface area contributed by atoms with Crippen LogP contribution < -0.4 is 5.32 Å². The summed E-state index contributed by atoms with van der Waals surface area (Å²) >= 11 is 1.53. The number of rotatable bonds is 5. The fourth-order valence-electron chi connectivity index (χ4n) is 3.81. The van der Waals surface area contributed by atoms with Gasteiger partial charge < -0.3 is 10.2 Å². The summed E-state index contributed by atoms with van der Waals surface area (Å²) in [6.07, 6.45) is 1.11. The first-order valence-corrected chi connectivity index (χ1v) is 11.0. The highest BCUT2D eigenvalue weighted by molar-refractivity contribution is 7.10. The van der Waals surface area contributed by atoms with Crippen molar-refractivity contribution in [2.24, 2.45) is 5.92 Å². The molecule has 1 aliphatic rings. The van der Waals surface area contributed by atoms with Crippen molar-refractivity contribution in [2.45, 2.75) is 18.9 Å². The summed E-state index contributed by atoms with van der Waals surface area (Å²) in [5, 5.41) is 5.05. The van der Waals surface area contributed by atoms with Gasteiger partial charge >= 0.3 is 0 Å². The second kappa shape index (κ2) is 9.39. The van der Waals surface area contributed by atoms with Gasteiger partial charge in [-0.05, 0) is 66.2 Å². The summed E-state index contributed by atoms with van der Waals surface area (Å²) in [6, 6.07) is 15.2. The lowest BCUT2D eigenvalue weighted by molar-refractivity contribution is -0.126. The van der Waals surface area contributed by atoms with Crippen molar-refractivity contribution < 1.29 is 18.4 Å². The monoisotopic (exact) mass is 440 g/mol. The molecule has 1 atom stereocenters. The standard InChI is InChI=1S/C24H22F2N2O2S/c25-19-7-3-16(4-8-19)22(21-2-1-15-31-21)27-23(29)17-11-13-28(14-12-17)24(30)18-5-9-20(26)10-6-18/h1-10,15,17,22H,11-14H2,(H,27,29)/t22-/m0/s1. The van der Waals surface area contributed by atoms with Crippen molar-refractivity contribution in [3.8, 4) is 0 Å². The molecule has 31 heavy (non-hydrogen) atoms. The minimum atomic E-state index is -0.381. The lowest BCUT2D eigenvalue weighted by atomic mass is 9.94. The fraction of sp³-hybridized carbons (Fsp3) is 0.250. The predicted octanol–water partition coefficient (Wildman–Crippen LogP) is 4.78. The van der Waals surface area contributed by atoms with Gasteiger partial charge in [0.25, 0.3) is 5.91 Å². The van der Waals surface area contributed by atoms with E-state index < -0.39 is 0 Å². The van der Waals surface area contributed by atoms with Gasteiger partial charge in [0.05, 0.1) is 6.04 Å². The van der Waals surface area contributed by atoms with E-state index in [0.29, 0.717) is 31.5 Å². The van der Waals surface area contributed by atoms with Gasteiger partial charge in [0.15, 0.2) is 0 Å². The van der Waals surface area contributed by atoms with Crippen LogP contribution in [0, 0.1) is 17.6 Å². The highest BCUT2D eigenvalue weighted by Gasteiger charge is 2.29. The number of amides is 2. The quantitative estimate of drug-likeness (QED) is 0.621. The van der Waals surface area contributed by atoms with Gasteiger partial charge in [0, 0.05) is 29.4 Å². The molecular formula is C24H22F2N2O2S. The van der Waals surface area contributed by atoms with Crippen LogP contribution in [0.2, 0.25) is 0 Å². The van der Waals surface area contributed by atoms with Crippen LogP contribution in [0.3, 0.4) is 0 Å². The van der Waals surface area contributed by atoms with Crippen LogP contribution in [0.5, 0.6) is 0 Å².